The number of rotatable bonds is 4. The molecule has 12 heavy (non-hydrogen) atoms. The number of hydrogen-bond donors (Lipinski definition) is 3. The fraction of sp³-hybridized carbons (Fsp3) is 0.500. The van der Waals surface area contributed by atoms with Crippen LogP contribution in [-0.4, -0.2) is 23.8 Å². The highest BCUT2D eigenvalue weighted by Crippen LogP contribution is 1.89. The van der Waals surface area contributed by atoms with Crippen molar-refractivity contribution in [2.24, 2.45) is 11.5 Å². The van der Waals surface area contributed by atoms with Crippen molar-refractivity contribution in [3.8, 4) is 0 Å². The zero-order valence-electron chi connectivity index (χ0n) is 6.66. The summed E-state index contributed by atoms with van der Waals surface area (Å²) in [6.07, 6.45) is -0.269. The molecule has 0 saturated carbocycles. The SMILES string of the molecule is CC(=O)N[C@@H](CC(N)=O)C(N)=O. The third kappa shape index (κ3) is 4.26. The Kier molecular flexibility index (Phi) is 3.75. The van der Waals surface area contributed by atoms with E-state index in [1.807, 2.05) is 0 Å². The van der Waals surface area contributed by atoms with Crippen LogP contribution >= 0.6 is 0 Å². The Hall–Kier alpha value is -1.59. The fourth-order valence-electron chi connectivity index (χ4n) is 0.669. The molecule has 0 unspecified atom stereocenters. The zero-order chi connectivity index (χ0) is 9.72. The summed E-state index contributed by atoms with van der Waals surface area (Å²) in [5.74, 6) is -1.89. The molecule has 0 saturated heterocycles. The summed E-state index contributed by atoms with van der Waals surface area (Å²) in [4.78, 5) is 31.4. The lowest BCUT2D eigenvalue weighted by Crippen LogP contribution is -2.45. The largest absolute Gasteiger partial charge is 0.370 e. The number of carbonyl (C=O) groups excluding carboxylic acids is 3. The van der Waals surface area contributed by atoms with Gasteiger partial charge in [-0.05, 0) is 0 Å². The quantitative estimate of drug-likeness (QED) is 0.450. The summed E-state index contributed by atoms with van der Waals surface area (Å²) in [7, 11) is 0. The molecule has 0 aromatic heterocycles. The number of primary amides is 2. The van der Waals surface area contributed by atoms with E-state index in [0.29, 0.717) is 0 Å². The van der Waals surface area contributed by atoms with E-state index in [1.165, 1.54) is 6.92 Å². The first-order valence-corrected chi connectivity index (χ1v) is 3.28. The van der Waals surface area contributed by atoms with Crippen LogP contribution in [0.2, 0.25) is 0 Å². The number of nitrogens with two attached hydrogens (primary N) is 2. The van der Waals surface area contributed by atoms with Gasteiger partial charge < -0.3 is 16.8 Å². The summed E-state index contributed by atoms with van der Waals surface area (Å²) in [6, 6.07) is -1.00. The molecule has 0 aliphatic rings. The lowest BCUT2D eigenvalue weighted by molar-refractivity contribution is -0.128. The smallest absolute Gasteiger partial charge is 0.240 e. The van der Waals surface area contributed by atoms with E-state index >= 15 is 0 Å². The van der Waals surface area contributed by atoms with Crippen LogP contribution in [0.15, 0.2) is 0 Å². The molecular weight excluding hydrogens is 162 g/mol. The number of carbonyl (C=O) groups is 3. The third-order valence-electron chi connectivity index (χ3n) is 1.13. The van der Waals surface area contributed by atoms with E-state index in [2.05, 4.69) is 5.32 Å². The van der Waals surface area contributed by atoms with E-state index < -0.39 is 23.8 Å². The van der Waals surface area contributed by atoms with Gasteiger partial charge in [0.1, 0.15) is 6.04 Å². The Morgan fingerprint density at radius 3 is 2.08 bits per heavy atom. The zero-order valence-corrected chi connectivity index (χ0v) is 6.66. The van der Waals surface area contributed by atoms with Gasteiger partial charge in [-0.3, -0.25) is 14.4 Å². The Morgan fingerprint density at radius 1 is 1.33 bits per heavy atom. The molecule has 3 amide bonds. The highest BCUT2D eigenvalue weighted by molar-refractivity contribution is 5.90. The Morgan fingerprint density at radius 2 is 1.83 bits per heavy atom. The van der Waals surface area contributed by atoms with Crippen LogP contribution in [0.5, 0.6) is 0 Å². The molecule has 0 aromatic carbocycles. The first-order chi connectivity index (χ1) is 5.43. The average Bonchev–Trinajstić information content (AvgIpc) is 1.83. The summed E-state index contributed by atoms with van der Waals surface area (Å²) in [5, 5.41) is 2.20. The van der Waals surface area contributed by atoms with Crippen molar-refractivity contribution in [1.82, 2.24) is 5.32 Å². The first-order valence-electron chi connectivity index (χ1n) is 3.28. The Labute approximate surface area is 69.3 Å². The second-order valence-corrected chi connectivity index (χ2v) is 2.33. The minimum Gasteiger partial charge on any atom is -0.370 e. The van der Waals surface area contributed by atoms with E-state index in [1.54, 1.807) is 0 Å². The van der Waals surface area contributed by atoms with Crippen LogP contribution < -0.4 is 16.8 Å². The molecule has 0 radical (unpaired) electrons. The lowest BCUT2D eigenvalue weighted by Gasteiger charge is -2.11. The van der Waals surface area contributed by atoms with Gasteiger partial charge in [0.05, 0.1) is 6.42 Å². The summed E-state index contributed by atoms with van der Waals surface area (Å²) in [5.41, 5.74) is 9.68. The predicted molar refractivity (Wildman–Crippen MR) is 40.6 cm³/mol. The maximum Gasteiger partial charge on any atom is 0.240 e. The number of hydrogen-bond acceptors (Lipinski definition) is 3. The fourth-order valence-corrected chi connectivity index (χ4v) is 0.669. The topological polar surface area (TPSA) is 115 Å². The second-order valence-electron chi connectivity index (χ2n) is 2.33. The van der Waals surface area contributed by atoms with Gasteiger partial charge in [-0.2, -0.15) is 0 Å². The molecular formula is C6H11N3O3. The predicted octanol–water partition coefficient (Wildman–Crippen LogP) is -2.15. The summed E-state index contributed by atoms with van der Waals surface area (Å²) < 4.78 is 0. The number of nitrogens with one attached hydrogen (secondary N) is 1. The molecule has 1 atom stereocenters. The molecule has 0 aromatic rings. The van der Waals surface area contributed by atoms with Crippen molar-refractivity contribution in [3.05, 3.63) is 0 Å². The van der Waals surface area contributed by atoms with Crippen molar-refractivity contribution < 1.29 is 14.4 Å². The van der Waals surface area contributed by atoms with Crippen LogP contribution in [0.25, 0.3) is 0 Å². The molecule has 5 N–H and O–H groups in total. The molecule has 0 rings (SSSR count). The molecule has 0 aliphatic carbocycles. The minimum absolute atomic E-state index is 0.269. The van der Waals surface area contributed by atoms with Gasteiger partial charge in [0.2, 0.25) is 17.7 Å². The number of amides is 3. The van der Waals surface area contributed by atoms with Crippen LogP contribution in [0, 0.1) is 0 Å². The highest BCUT2D eigenvalue weighted by atomic mass is 16.2. The van der Waals surface area contributed by atoms with Crippen molar-refractivity contribution in [1.29, 1.82) is 0 Å². The van der Waals surface area contributed by atoms with Crippen LogP contribution in [0.3, 0.4) is 0 Å². The average molecular weight is 173 g/mol. The second kappa shape index (κ2) is 4.32. The summed E-state index contributed by atoms with van der Waals surface area (Å²) >= 11 is 0. The van der Waals surface area contributed by atoms with Gasteiger partial charge in [-0.1, -0.05) is 0 Å². The van der Waals surface area contributed by atoms with Gasteiger partial charge in [0.25, 0.3) is 0 Å². The highest BCUT2D eigenvalue weighted by Gasteiger charge is 2.18. The Balaban J connectivity index is 4.14. The first kappa shape index (κ1) is 10.4. The third-order valence-corrected chi connectivity index (χ3v) is 1.13. The van der Waals surface area contributed by atoms with Crippen LogP contribution in [0.4, 0.5) is 0 Å². The van der Waals surface area contributed by atoms with Gasteiger partial charge in [-0.15, -0.1) is 0 Å². The normalized spacial score (nSPS) is 11.8. The molecule has 0 fully saturated rings. The van der Waals surface area contributed by atoms with Gasteiger partial charge in [-0.25, -0.2) is 0 Å². The maximum atomic E-state index is 10.6. The van der Waals surface area contributed by atoms with Crippen molar-refractivity contribution in [2.75, 3.05) is 0 Å². The standard InChI is InChI=1S/C6H11N3O3/c1-3(10)9-4(6(8)12)2-5(7)11/h4H,2H2,1H3,(H2,7,11)(H2,8,12)(H,9,10)/t4-/m0/s1. The monoisotopic (exact) mass is 173 g/mol. The van der Waals surface area contributed by atoms with E-state index in [4.69, 9.17) is 11.5 Å². The van der Waals surface area contributed by atoms with Gasteiger partial charge >= 0.3 is 0 Å². The molecule has 0 heterocycles. The molecule has 0 bridgehead atoms. The minimum atomic E-state index is -1.00. The van der Waals surface area contributed by atoms with E-state index in [0.717, 1.165) is 0 Å². The van der Waals surface area contributed by atoms with E-state index in [9.17, 15) is 14.4 Å². The van der Waals surface area contributed by atoms with Crippen molar-refractivity contribution >= 4 is 17.7 Å². The molecule has 6 nitrogen and oxygen atoms in total. The van der Waals surface area contributed by atoms with Gasteiger partial charge in [0.15, 0.2) is 0 Å². The van der Waals surface area contributed by atoms with Crippen molar-refractivity contribution in [3.63, 3.8) is 0 Å². The molecule has 0 spiro atoms. The van der Waals surface area contributed by atoms with Crippen molar-refractivity contribution in [2.45, 2.75) is 19.4 Å². The van der Waals surface area contributed by atoms with Crippen LogP contribution in [-0.2, 0) is 14.4 Å². The lowest BCUT2D eigenvalue weighted by atomic mass is 10.2. The Bertz CT molecular complexity index is 198. The molecule has 0 aliphatic heterocycles. The van der Waals surface area contributed by atoms with E-state index in [-0.39, 0.29) is 6.42 Å². The molecule has 6 heteroatoms. The van der Waals surface area contributed by atoms with Crippen LogP contribution in [0.1, 0.15) is 13.3 Å². The summed E-state index contributed by atoms with van der Waals surface area (Å²) in [6.45, 7) is 1.22. The maximum absolute atomic E-state index is 10.6. The molecule has 68 valence electrons. The van der Waals surface area contributed by atoms with Gasteiger partial charge in [0, 0.05) is 6.92 Å².